The number of imidazole rings is 1. The van der Waals surface area contributed by atoms with Gasteiger partial charge in [0, 0.05) is 12.2 Å². The maximum Gasteiger partial charge on any atom is 0.155 e. The van der Waals surface area contributed by atoms with Crippen LogP contribution in [0, 0.1) is 0 Å². The maximum absolute atomic E-state index is 5.91. The van der Waals surface area contributed by atoms with Crippen LogP contribution >= 0.6 is 11.6 Å². The van der Waals surface area contributed by atoms with Crippen molar-refractivity contribution in [2.24, 2.45) is 0 Å². The van der Waals surface area contributed by atoms with E-state index in [9.17, 15) is 0 Å². The number of halogens is 1. The zero-order valence-electron chi connectivity index (χ0n) is 8.86. The van der Waals surface area contributed by atoms with E-state index in [0.717, 1.165) is 18.6 Å². The first-order chi connectivity index (χ1) is 7.84. The van der Waals surface area contributed by atoms with E-state index in [2.05, 4.69) is 15.3 Å². The minimum absolute atomic E-state index is 0.391. The molecule has 3 rings (SSSR count). The van der Waals surface area contributed by atoms with Gasteiger partial charge in [0.25, 0.3) is 0 Å². The summed E-state index contributed by atoms with van der Waals surface area (Å²) in [5.41, 5.74) is 2.03. The number of nitrogens with zero attached hydrogens (tertiary/aromatic N) is 3. The fourth-order valence-corrected chi connectivity index (χ4v) is 2.39. The Balaban J connectivity index is 2.05. The number of hydrogen-bond acceptors (Lipinski definition) is 3. The van der Waals surface area contributed by atoms with Crippen molar-refractivity contribution in [1.29, 1.82) is 0 Å². The maximum atomic E-state index is 5.91. The molecule has 0 aromatic carbocycles. The first-order valence-corrected chi connectivity index (χ1v) is 5.94. The first kappa shape index (κ1) is 10.1. The molecular weight excluding hydrogens is 224 g/mol. The molecule has 84 valence electrons. The number of rotatable bonds is 1. The summed E-state index contributed by atoms with van der Waals surface area (Å²) in [5.74, 6) is 0. The van der Waals surface area contributed by atoms with Crippen LogP contribution in [0.15, 0.2) is 18.6 Å². The summed E-state index contributed by atoms with van der Waals surface area (Å²) in [6.07, 6.45) is 9.13. The normalized spacial score (nSPS) is 21.4. The van der Waals surface area contributed by atoms with Gasteiger partial charge in [-0.2, -0.15) is 0 Å². The lowest BCUT2D eigenvalue weighted by molar-refractivity contribution is 0.403. The third kappa shape index (κ3) is 1.68. The molecule has 0 bridgehead atoms. The molecule has 0 saturated carbocycles. The Morgan fingerprint density at radius 1 is 1.31 bits per heavy atom. The van der Waals surface area contributed by atoms with Crippen molar-refractivity contribution in [1.82, 2.24) is 19.7 Å². The second-order valence-electron chi connectivity index (χ2n) is 4.12. The molecule has 1 aliphatic rings. The Labute approximate surface area is 98.7 Å². The summed E-state index contributed by atoms with van der Waals surface area (Å²) in [5, 5.41) is 4.01. The van der Waals surface area contributed by atoms with E-state index in [1.807, 2.05) is 16.8 Å². The summed E-state index contributed by atoms with van der Waals surface area (Å²) in [7, 11) is 0. The third-order valence-electron chi connectivity index (χ3n) is 3.06. The van der Waals surface area contributed by atoms with Crippen LogP contribution in [0.4, 0.5) is 0 Å². The van der Waals surface area contributed by atoms with E-state index in [4.69, 9.17) is 11.6 Å². The van der Waals surface area contributed by atoms with E-state index in [0.29, 0.717) is 11.2 Å². The first-order valence-electron chi connectivity index (χ1n) is 5.56. The van der Waals surface area contributed by atoms with Crippen molar-refractivity contribution in [2.75, 3.05) is 6.54 Å². The van der Waals surface area contributed by atoms with Gasteiger partial charge in [-0.1, -0.05) is 18.0 Å². The van der Waals surface area contributed by atoms with Crippen LogP contribution in [0.2, 0.25) is 5.15 Å². The molecule has 0 amide bonds. The van der Waals surface area contributed by atoms with E-state index < -0.39 is 0 Å². The molecule has 1 aliphatic heterocycles. The minimum atomic E-state index is 0.391. The number of hydrogen-bond donors (Lipinski definition) is 1. The van der Waals surface area contributed by atoms with E-state index >= 15 is 0 Å². The summed E-state index contributed by atoms with van der Waals surface area (Å²) in [6.45, 7) is 1.08. The molecule has 3 heterocycles. The van der Waals surface area contributed by atoms with Crippen molar-refractivity contribution in [3.8, 4) is 0 Å². The van der Waals surface area contributed by atoms with Crippen molar-refractivity contribution < 1.29 is 0 Å². The SMILES string of the molecule is Clc1cn2c(C3CCCCN3)cnc2cn1. The lowest BCUT2D eigenvalue weighted by Gasteiger charge is -2.22. The van der Waals surface area contributed by atoms with Crippen LogP contribution in [0.1, 0.15) is 31.0 Å². The van der Waals surface area contributed by atoms with E-state index in [1.165, 1.54) is 18.5 Å². The van der Waals surface area contributed by atoms with Gasteiger partial charge in [-0.05, 0) is 19.4 Å². The van der Waals surface area contributed by atoms with Crippen LogP contribution in [0.3, 0.4) is 0 Å². The molecule has 0 radical (unpaired) electrons. The lowest BCUT2D eigenvalue weighted by atomic mass is 10.0. The Morgan fingerprint density at radius 3 is 3.06 bits per heavy atom. The Bertz CT molecular complexity index is 502. The predicted octanol–water partition coefficient (Wildman–Crippen LogP) is 2.20. The number of piperidine rings is 1. The Morgan fingerprint density at radius 2 is 2.25 bits per heavy atom. The highest BCUT2D eigenvalue weighted by atomic mass is 35.5. The zero-order valence-corrected chi connectivity index (χ0v) is 9.61. The summed E-state index contributed by atoms with van der Waals surface area (Å²) >= 11 is 5.91. The minimum Gasteiger partial charge on any atom is -0.309 e. The smallest absolute Gasteiger partial charge is 0.155 e. The second kappa shape index (κ2) is 4.03. The van der Waals surface area contributed by atoms with Gasteiger partial charge in [-0.15, -0.1) is 0 Å². The molecule has 2 aromatic heterocycles. The largest absolute Gasteiger partial charge is 0.309 e. The molecular formula is C11H13ClN4. The summed E-state index contributed by atoms with van der Waals surface area (Å²) in [6, 6.07) is 0.391. The molecule has 1 saturated heterocycles. The van der Waals surface area contributed by atoms with Gasteiger partial charge in [0.15, 0.2) is 5.65 Å². The van der Waals surface area contributed by atoms with Crippen molar-refractivity contribution in [3.05, 3.63) is 29.4 Å². The van der Waals surface area contributed by atoms with Crippen LogP contribution in [-0.4, -0.2) is 20.9 Å². The van der Waals surface area contributed by atoms with Crippen LogP contribution in [0.25, 0.3) is 5.65 Å². The molecule has 1 unspecified atom stereocenters. The van der Waals surface area contributed by atoms with Gasteiger partial charge in [0.05, 0.1) is 18.1 Å². The molecule has 1 atom stereocenters. The fourth-order valence-electron chi connectivity index (χ4n) is 2.25. The third-order valence-corrected chi connectivity index (χ3v) is 3.26. The highest BCUT2D eigenvalue weighted by Gasteiger charge is 2.18. The number of nitrogens with one attached hydrogen (secondary N) is 1. The van der Waals surface area contributed by atoms with Crippen LogP contribution in [-0.2, 0) is 0 Å². The van der Waals surface area contributed by atoms with Crippen molar-refractivity contribution in [2.45, 2.75) is 25.3 Å². The molecule has 4 nitrogen and oxygen atoms in total. The number of fused-ring (bicyclic) bond motifs is 1. The van der Waals surface area contributed by atoms with Gasteiger partial charge in [0.2, 0.25) is 0 Å². The molecule has 1 fully saturated rings. The van der Waals surface area contributed by atoms with Gasteiger partial charge < -0.3 is 5.32 Å². The Kier molecular flexibility index (Phi) is 2.53. The molecule has 2 aromatic rings. The summed E-state index contributed by atoms with van der Waals surface area (Å²) in [4.78, 5) is 8.36. The quantitative estimate of drug-likeness (QED) is 0.826. The average molecular weight is 237 g/mol. The second-order valence-corrected chi connectivity index (χ2v) is 4.51. The van der Waals surface area contributed by atoms with Gasteiger partial charge in [-0.3, -0.25) is 4.40 Å². The topological polar surface area (TPSA) is 42.2 Å². The lowest BCUT2D eigenvalue weighted by Crippen LogP contribution is -2.27. The zero-order chi connectivity index (χ0) is 11.0. The molecule has 16 heavy (non-hydrogen) atoms. The predicted molar refractivity (Wildman–Crippen MR) is 62.6 cm³/mol. The molecule has 0 spiro atoms. The van der Waals surface area contributed by atoms with Crippen LogP contribution < -0.4 is 5.32 Å². The van der Waals surface area contributed by atoms with E-state index in [1.54, 1.807) is 6.20 Å². The van der Waals surface area contributed by atoms with Crippen molar-refractivity contribution >= 4 is 17.2 Å². The monoisotopic (exact) mass is 236 g/mol. The highest BCUT2D eigenvalue weighted by Crippen LogP contribution is 2.23. The molecule has 0 aliphatic carbocycles. The van der Waals surface area contributed by atoms with Gasteiger partial charge in [0.1, 0.15) is 5.15 Å². The standard InChI is InChI=1S/C11H13ClN4/c12-10-7-16-9(5-15-11(16)6-14-10)8-3-1-2-4-13-8/h5-8,13H,1-4H2. The van der Waals surface area contributed by atoms with E-state index in [-0.39, 0.29) is 0 Å². The van der Waals surface area contributed by atoms with Gasteiger partial charge >= 0.3 is 0 Å². The Hall–Kier alpha value is -1.13. The highest BCUT2D eigenvalue weighted by molar-refractivity contribution is 6.29. The van der Waals surface area contributed by atoms with Crippen LogP contribution in [0.5, 0.6) is 0 Å². The molecule has 5 heteroatoms. The number of aromatic nitrogens is 3. The van der Waals surface area contributed by atoms with Gasteiger partial charge in [-0.25, -0.2) is 9.97 Å². The molecule has 1 N–H and O–H groups in total. The average Bonchev–Trinajstić information content (AvgIpc) is 2.73. The summed E-state index contributed by atoms with van der Waals surface area (Å²) < 4.78 is 2.03. The fraction of sp³-hybridized carbons (Fsp3) is 0.455. The van der Waals surface area contributed by atoms with Crippen molar-refractivity contribution in [3.63, 3.8) is 0 Å².